The summed E-state index contributed by atoms with van der Waals surface area (Å²) in [6.07, 6.45) is -3.47. The quantitative estimate of drug-likeness (QED) is 0.412. The minimum Gasteiger partial charge on any atom is -0.365 e. The van der Waals surface area contributed by atoms with Gasteiger partial charge >= 0.3 is 6.18 Å². The molecule has 0 N–H and O–H groups in total. The fourth-order valence-electron chi connectivity index (χ4n) is 4.58. The molecule has 1 amide bonds. The van der Waals surface area contributed by atoms with Crippen molar-refractivity contribution in [2.75, 3.05) is 24.5 Å². The third-order valence-electron chi connectivity index (χ3n) is 6.31. The summed E-state index contributed by atoms with van der Waals surface area (Å²) >= 11 is 0. The summed E-state index contributed by atoms with van der Waals surface area (Å²) in [6.45, 7) is 5.57. The molecule has 0 saturated carbocycles. The SMILES string of the molecule is Cc1cccc(N2CCN(C(=O)c3cnn4c(C(F)(F)F)cc(-c5ccccc5)nc34)C[C@H]2C)c1. The number of anilines is 1. The molecule has 180 valence electrons. The van der Waals surface area contributed by atoms with Crippen molar-refractivity contribution in [3.05, 3.63) is 83.7 Å². The third-order valence-corrected chi connectivity index (χ3v) is 6.31. The molecule has 2 aromatic carbocycles. The molecule has 6 nitrogen and oxygen atoms in total. The Morgan fingerprint density at radius 1 is 1.03 bits per heavy atom. The van der Waals surface area contributed by atoms with Gasteiger partial charge in [-0.3, -0.25) is 4.79 Å². The second-order valence-corrected chi connectivity index (χ2v) is 8.82. The first-order valence-corrected chi connectivity index (χ1v) is 11.4. The number of alkyl halides is 3. The fraction of sp³-hybridized carbons (Fsp3) is 0.269. The van der Waals surface area contributed by atoms with E-state index in [0.717, 1.165) is 17.3 Å². The lowest BCUT2D eigenvalue weighted by atomic mass is 10.1. The second kappa shape index (κ2) is 8.72. The van der Waals surface area contributed by atoms with Crippen LogP contribution in [0.3, 0.4) is 0 Å². The lowest BCUT2D eigenvalue weighted by Gasteiger charge is -2.41. The normalized spacial score (nSPS) is 16.7. The van der Waals surface area contributed by atoms with E-state index in [4.69, 9.17) is 0 Å². The Bertz CT molecular complexity index is 1380. The maximum absolute atomic E-state index is 13.9. The number of carbonyl (C=O) groups excluding carboxylic acids is 1. The van der Waals surface area contributed by atoms with E-state index in [1.807, 2.05) is 32.0 Å². The van der Waals surface area contributed by atoms with E-state index >= 15 is 0 Å². The van der Waals surface area contributed by atoms with Crippen LogP contribution in [0.5, 0.6) is 0 Å². The molecule has 0 radical (unpaired) electrons. The van der Waals surface area contributed by atoms with Gasteiger partial charge in [0.25, 0.3) is 5.91 Å². The highest BCUT2D eigenvalue weighted by atomic mass is 19.4. The van der Waals surface area contributed by atoms with E-state index in [-0.39, 0.29) is 28.9 Å². The summed E-state index contributed by atoms with van der Waals surface area (Å²) < 4.78 is 42.3. The standard InChI is InChI=1S/C26H24F3N5O/c1-17-7-6-10-20(13-17)33-12-11-32(16-18(33)2)25(35)21-15-30-34-23(26(27,28)29)14-22(31-24(21)34)19-8-4-3-5-9-19/h3-10,13-15,18H,11-12,16H2,1-2H3/t18-/m1/s1. The molecule has 0 bridgehead atoms. The molecule has 1 atom stereocenters. The molecule has 1 aliphatic rings. The number of amides is 1. The molecule has 1 saturated heterocycles. The highest BCUT2D eigenvalue weighted by molar-refractivity contribution is 6.00. The number of piperazine rings is 1. The number of halogens is 3. The van der Waals surface area contributed by atoms with Crippen LogP contribution in [0.4, 0.5) is 18.9 Å². The predicted molar refractivity (Wildman–Crippen MR) is 127 cm³/mol. The summed E-state index contributed by atoms with van der Waals surface area (Å²) in [5.41, 5.74) is 1.89. The first-order valence-electron chi connectivity index (χ1n) is 11.4. The largest absolute Gasteiger partial charge is 0.433 e. The van der Waals surface area contributed by atoms with Crippen LogP contribution in [0.25, 0.3) is 16.9 Å². The van der Waals surface area contributed by atoms with E-state index in [1.165, 1.54) is 6.20 Å². The highest BCUT2D eigenvalue weighted by Crippen LogP contribution is 2.33. The van der Waals surface area contributed by atoms with Crippen LogP contribution < -0.4 is 4.90 Å². The van der Waals surface area contributed by atoms with Gasteiger partial charge in [0, 0.05) is 36.9 Å². The van der Waals surface area contributed by atoms with Gasteiger partial charge in [0.2, 0.25) is 0 Å². The van der Waals surface area contributed by atoms with Crippen LogP contribution in [-0.4, -0.2) is 51.1 Å². The summed E-state index contributed by atoms with van der Waals surface area (Å²) in [6, 6.07) is 17.8. The van der Waals surface area contributed by atoms with Gasteiger partial charge in [0.05, 0.1) is 11.9 Å². The van der Waals surface area contributed by atoms with Gasteiger partial charge in [-0.2, -0.15) is 18.3 Å². The van der Waals surface area contributed by atoms with Crippen LogP contribution in [0.1, 0.15) is 28.5 Å². The molecule has 5 rings (SSSR count). The zero-order valence-corrected chi connectivity index (χ0v) is 19.3. The maximum atomic E-state index is 13.9. The molecule has 35 heavy (non-hydrogen) atoms. The number of aryl methyl sites for hydroxylation is 1. The van der Waals surface area contributed by atoms with Crippen LogP contribution >= 0.6 is 0 Å². The number of rotatable bonds is 3. The van der Waals surface area contributed by atoms with Crippen LogP contribution in [-0.2, 0) is 6.18 Å². The molecular formula is C26H24F3N5O. The van der Waals surface area contributed by atoms with E-state index in [2.05, 4.69) is 21.0 Å². The Labute approximate surface area is 200 Å². The molecule has 0 spiro atoms. The van der Waals surface area contributed by atoms with E-state index < -0.39 is 11.9 Å². The molecular weight excluding hydrogens is 455 g/mol. The van der Waals surface area contributed by atoms with Crippen LogP contribution in [0.15, 0.2) is 66.9 Å². The summed E-state index contributed by atoms with van der Waals surface area (Å²) in [5, 5.41) is 3.90. The molecule has 0 aliphatic carbocycles. The van der Waals surface area contributed by atoms with E-state index in [0.29, 0.717) is 29.7 Å². The Kier molecular flexibility index (Phi) is 5.70. The monoisotopic (exact) mass is 479 g/mol. The first kappa shape index (κ1) is 22.9. The lowest BCUT2D eigenvalue weighted by molar-refractivity contribution is -0.142. The number of hydrogen-bond acceptors (Lipinski definition) is 4. The van der Waals surface area contributed by atoms with Crippen molar-refractivity contribution in [3.63, 3.8) is 0 Å². The van der Waals surface area contributed by atoms with Crippen LogP contribution in [0, 0.1) is 6.92 Å². The van der Waals surface area contributed by atoms with Gasteiger partial charge in [-0.15, -0.1) is 0 Å². The van der Waals surface area contributed by atoms with Gasteiger partial charge in [-0.1, -0.05) is 42.5 Å². The van der Waals surface area contributed by atoms with Crippen molar-refractivity contribution >= 4 is 17.2 Å². The minimum atomic E-state index is -4.66. The Morgan fingerprint density at radius 2 is 1.80 bits per heavy atom. The van der Waals surface area contributed by atoms with Gasteiger partial charge < -0.3 is 9.80 Å². The van der Waals surface area contributed by atoms with Crippen LogP contribution in [0.2, 0.25) is 0 Å². The average Bonchev–Trinajstić information content (AvgIpc) is 3.26. The summed E-state index contributed by atoms with van der Waals surface area (Å²) in [4.78, 5) is 21.8. The number of fused-ring (bicyclic) bond motifs is 1. The summed E-state index contributed by atoms with van der Waals surface area (Å²) in [5.74, 6) is -0.374. The Morgan fingerprint density at radius 3 is 2.49 bits per heavy atom. The Hall–Kier alpha value is -3.88. The van der Waals surface area contributed by atoms with Crippen molar-refractivity contribution < 1.29 is 18.0 Å². The second-order valence-electron chi connectivity index (χ2n) is 8.82. The number of nitrogens with zero attached hydrogens (tertiary/aromatic N) is 5. The van der Waals surface area contributed by atoms with Gasteiger partial charge in [0.1, 0.15) is 5.56 Å². The number of carbonyl (C=O) groups is 1. The van der Waals surface area contributed by atoms with Crippen molar-refractivity contribution in [2.45, 2.75) is 26.1 Å². The first-order chi connectivity index (χ1) is 16.7. The van der Waals surface area contributed by atoms with Gasteiger partial charge in [-0.25, -0.2) is 9.50 Å². The molecule has 1 aliphatic heterocycles. The lowest BCUT2D eigenvalue weighted by Crippen LogP contribution is -2.53. The van der Waals surface area contributed by atoms with Crippen molar-refractivity contribution in [1.82, 2.24) is 19.5 Å². The fourth-order valence-corrected chi connectivity index (χ4v) is 4.58. The number of hydrogen-bond donors (Lipinski definition) is 0. The third kappa shape index (κ3) is 4.34. The Balaban J connectivity index is 1.49. The summed E-state index contributed by atoms with van der Waals surface area (Å²) in [7, 11) is 0. The zero-order chi connectivity index (χ0) is 24.7. The minimum absolute atomic E-state index is 0.0370. The zero-order valence-electron chi connectivity index (χ0n) is 19.3. The maximum Gasteiger partial charge on any atom is 0.433 e. The molecule has 4 aromatic rings. The highest BCUT2D eigenvalue weighted by Gasteiger charge is 2.37. The molecule has 9 heteroatoms. The molecule has 2 aromatic heterocycles. The smallest absolute Gasteiger partial charge is 0.365 e. The average molecular weight is 480 g/mol. The van der Waals surface area contributed by atoms with Gasteiger partial charge in [-0.05, 0) is 37.6 Å². The molecule has 3 heterocycles. The van der Waals surface area contributed by atoms with Crippen molar-refractivity contribution in [2.24, 2.45) is 0 Å². The molecule has 0 unspecified atom stereocenters. The van der Waals surface area contributed by atoms with Crippen molar-refractivity contribution in [3.8, 4) is 11.3 Å². The van der Waals surface area contributed by atoms with E-state index in [1.54, 1.807) is 35.2 Å². The predicted octanol–water partition coefficient (Wildman–Crippen LogP) is 5.07. The van der Waals surface area contributed by atoms with Gasteiger partial charge in [0.15, 0.2) is 11.3 Å². The van der Waals surface area contributed by atoms with E-state index in [9.17, 15) is 18.0 Å². The topological polar surface area (TPSA) is 53.7 Å². The molecule has 1 fully saturated rings. The van der Waals surface area contributed by atoms with Crippen molar-refractivity contribution in [1.29, 1.82) is 0 Å². The number of benzene rings is 2. The number of aromatic nitrogens is 3.